The van der Waals surface area contributed by atoms with Gasteiger partial charge in [-0.05, 0) is 74.9 Å². The quantitative estimate of drug-likeness (QED) is 0.361. The molecule has 1 aromatic heterocycles. The van der Waals surface area contributed by atoms with E-state index in [1.165, 1.54) is 0 Å². The molecule has 1 unspecified atom stereocenters. The maximum Gasteiger partial charge on any atom is 0.225 e. The van der Waals surface area contributed by atoms with Gasteiger partial charge in [0.2, 0.25) is 5.95 Å². The lowest BCUT2D eigenvalue weighted by molar-refractivity contribution is 0.163. The Hall–Kier alpha value is -3.10. The highest BCUT2D eigenvalue weighted by molar-refractivity contribution is 5.90. The molecule has 1 atom stereocenters. The third-order valence-corrected chi connectivity index (χ3v) is 7.31. The van der Waals surface area contributed by atoms with Crippen molar-refractivity contribution in [1.29, 1.82) is 0 Å². The van der Waals surface area contributed by atoms with Crippen molar-refractivity contribution in [2.24, 2.45) is 0 Å². The number of hydrogen-bond donors (Lipinski definition) is 3. The van der Waals surface area contributed by atoms with Crippen molar-refractivity contribution < 1.29 is 14.6 Å². The lowest BCUT2D eigenvalue weighted by Gasteiger charge is -2.30. The van der Waals surface area contributed by atoms with Crippen molar-refractivity contribution in [1.82, 2.24) is 15.3 Å². The van der Waals surface area contributed by atoms with Crippen LogP contribution in [0.3, 0.4) is 0 Å². The summed E-state index contributed by atoms with van der Waals surface area (Å²) in [6.45, 7) is 2.23. The second-order valence-electron chi connectivity index (χ2n) is 10.3. The van der Waals surface area contributed by atoms with Gasteiger partial charge in [-0.15, -0.1) is 0 Å². The van der Waals surface area contributed by atoms with Crippen molar-refractivity contribution in [2.75, 3.05) is 44.1 Å². The fourth-order valence-corrected chi connectivity index (χ4v) is 5.25. The number of nitrogens with one attached hydrogen (secondary N) is 2. The Balaban J connectivity index is 1.05. The number of para-hydroxylation sites is 1. The summed E-state index contributed by atoms with van der Waals surface area (Å²) in [7, 11) is 4.04. The van der Waals surface area contributed by atoms with E-state index in [9.17, 15) is 5.11 Å². The highest BCUT2D eigenvalue weighted by Gasteiger charge is 2.22. The monoisotopic (exact) mass is 505 g/mol. The van der Waals surface area contributed by atoms with Gasteiger partial charge in [-0.2, -0.15) is 4.98 Å². The minimum Gasteiger partial charge on any atom is -0.490 e. The molecule has 0 radical (unpaired) electrons. The van der Waals surface area contributed by atoms with Crippen molar-refractivity contribution >= 4 is 22.7 Å². The first-order valence-corrected chi connectivity index (χ1v) is 13.6. The zero-order chi connectivity index (χ0) is 25.6. The fraction of sp³-hybridized carbons (Fsp3) is 0.517. The third-order valence-electron chi connectivity index (χ3n) is 7.31. The SMILES string of the molecule is CN(C)c1nc(NC2CCC(NCCCC(O)c3ccc4c(c3)OCCCO4)CC2)nc2ccccc12. The van der Waals surface area contributed by atoms with E-state index in [1.807, 2.05) is 55.4 Å². The molecule has 8 heteroatoms. The molecule has 1 saturated carbocycles. The van der Waals surface area contributed by atoms with Gasteiger partial charge in [0.05, 0.1) is 24.8 Å². The molecule has 0 amide bonds. The van der Waals surface area contributed by atoms with Crippen LogP contribution < -0.4 is 25.0 Å². The normalized spacial score (nSPS) is 20.3. The van der Waals surface area contributed by atoms with E-state index in [0.717, 1.165) is 85.3 Å². The van der Waals surface area contributed by atoms with Crippen molar-refractivity contribution in [3.63, 3.8) is 0 Å². The fourth-order valence-electron chi connectivity index (χ4n) is 5.25. The van der Waals surface area contributed by atoms with Crippen molar-refractivity contribution in [3.05, 3.63) is 48.0 Å². The first-order valence-electron chi connectivity index (χ1n) is 13.6. The number of anilines is 2. The molecule has 0 bridgehead atoms. The summed E-state index contributed by atoms with van der Waals surface area (Å²) < 4.78 is 11.5. The highest BCUT2D eigenvalue weighted by atomic mass is 16.5. The number of aliphatic hydroxyl groups excluding tert-OH is 1. The zero-order valence-electron chi connectivity index (χ0n) is 21.9. The first-order chi connectivity index (χ1) is 18.1. The molecule has 0 spiro atoms. The number of fused-ring (bicyclic) bond motifs is 2. The van der Waals surface area contributed by atoms with E-state index in [1.54, 1.807) is 0 Å². The molecule has 1 aliphatic carbocycles. The number of ether oxygens (including phenoxy) is 2. The molecule has 5 rings (SSSR count). The predicted molar refractivity (Wildman–Crippen MR) is 148 cm³/mol. The highest BCUT2D eigenvalue weighted by Crippen LogP contribution is 2.33. The van der Waals surface area contributed by atoms with E-state index >= 15 is 0 Å². The molecular weight excluding hydrogens is 466 g/mol. The van der Waals surface area contributed by atoms with Gasteiger partial charge in [-0.25, -0.2) is 4.98 Å². The van der Waals surface area contributed by atoms with Crippen LogP contribution in [0.2, 0.25) is 0 Å². The molecule has 0 saturated heterocycles. The van der Waals surface area contributed by atoms with Crippen molar-refractivity contribution in [3.8, 4) is 11.5 Å². The number of hydrogen-bond acceptors (Lipinski definition) is 8. The largest absolute Gasteiger partial charge is 0.490 e. The number of aliphatic hydroxyl groups is 1. The van der Waals surface area contributed by atoms with Crippen LogP contribution in [-0.2, 0) is 0 Å². The molecule has 198 valence electrons. The van der Waals surface area contributed by atoms with Crippen molar-refractivity contribution in [2.45, 2.75) is 63.1 Å². The van der Waals surface area contributed by atoms with Gasteiger partial charge in [0.25, 0.3) is 0 Å². The topological polar surface area (TPSA) is 91.8 Å². The van der Waals surface area contributed by atoms with Gasteiger partial charge >= 0.3 is 0 Å². The number of benzene rings is 2. The van der Waals surface area contributed by atoms with Crippen LogP contribution >= 0.6 is 0 Å². The van der Waals surface area contributed by atoms with Crippen LogP contribution in [0.25, 0.3) is 10.9 Å². The van der Waals surface area contributed by atoms with E-state index in [2.05, 4.69) is 16.7 Å². The Bertz CT molecular complexity index is 1180. The standard InChI is InChI=1S/C29H39N5O3/c1-34(2)28-23-7-3-4-8-24(23)32-29(33-28)31-22-13-11-21(12-14-22)30-16-5-9-25(35)20-10-15-26-27(19-20)37-18-6-17-36-26/h3-4,7-8,10,15,19,21-22,25,30,35H,5-6,9,11-14,16-18H2,1-2H3,(H,31,32,33). The maximum atomic E-state index is 10.7. The maximum absolute atomic E-state index is 10.7. The summed E-state index contributed by atoms with van der Waals surface area (Å²) in [4.78, 5) is 11.6. The van der Waals surface area contributed by atoms with E-state index in [0.29, 0.717) is 31.2 Å². The molecule has 8 nitrogen and oxygen atoms in total. The lowest BCUT2D eigenvalue weighted by Crippen LogP contribution is -2.37. The lowest BCUT2D eigenvalue weighted by atomic mass is 9.91. The van der Waals surface area contributed by atoms with Crippen LogP contribution in [0.1, 0.15) is 56.6 Å². The second kappa shape index (κ2) is 12.0. The summed E-state index contributed by atoms with van der Waals surface area (Å²) in [6, 6.07) is 14.8. The van der Waals surface area contributed by atoms with E-state index in [4.69, 9.17) is 19.4 Å². The molecule has 2 aromatic carbocycles. The molecular formula is C29H39N5O3. The Labute approximate surface area is 219 Å². The molecule has 2 heterocycles. The van der Waals surface area contributed by atoms with E-state index in [-0.39, 0.29) is 0 Å². The first kappa shape index (κ1) is 25.5. The number of aromatic nitrogens is 2. The third kappa shape index (κ3) is 6.43. The second-order valence-corrected chi connectivity index (χ2v) is 10.3. The average Bonchev–Trinajstić information content (AvgIpc) is 3.16. The van der Waals surface area contributed by atoms with Gasteiger partial charge in [0.1, 0.15) is 5.82 Å². The average molecular weight is 506 g/mol. The van der Waals surface area contributed by atoms with Gasteiger partial charge in [0, 0.05) is 38.0 Å². The van der Waals surface area contributed by atoms with Crippen LogP contribution in [0.15, 0.2) is 42.5 Å². The van der Waals surface area contributed by atoms with Crippen LogP contribution in [-0.4, -0.2) is 61.0 Å². The Morgan fingerprint density at radius 1 is 0.973 bits per heavy atom. The molecule has 1 fully saturated rings. The van der Waals surface area contributed by atoms with Crippen LogP contribution in [0.4, 0.5) is 11.8 Å². The molecule has 2 aliphatic rings. The summed E-state index contributed by atoms with van der Waals surface area (Å²) >= 11 is 0. The summed E-state index contributed by atoms with van der Waals surface area (Å²) in [5.74, 6) is 3.16. The Kier molecular flexibility index (Phi) is 8.26. The molecule has 1 aliphatic heterocycles. The molecule has 3 N–H and O–H groups in total. The minimum atomic E-state index is -0.493. The van der Waals surface area contributed by atoms with E-state index < -0.39 is 6.10 Å². The van der Waals surface area contributed by atoms with Gasteiger partial charge in [0.15, 0.2) is 11.5 Å². The summed E-state index contributed by atoms with van der Waals surface area (Å²) in [5.41, 5.74) is 1.86. The van der Waals surface area contributed by atoms with Gasteiger partial charge in [-0.1, -0.05) is 18.2 Å². The zero-order valence-corrected chi connectivity index (χ0v) is 21.9. The van der Waals surface area contributed by atoms with Crippen LogP contribution in [0, 0.1) is 0 Å². The Morgan fingerprint density at radius 2 is 1.73 bits per heavy atom. The van der Waals surface area contributed by atoms with Gasteiger partial charge < -0.3 is 30.1 Å². The summed E-state index contributed by atoms with van der Waals surface area (Å²) in [5, 5.41) is 19.0. The predicted octanol–water partition coefficient (Wildman–Crippen LogP) is 4.68. The number of rotatable bonds is 9. The minimum absolute atomic E-state index is 0.385. The molecule has 37 heavy (non-hydrogen) atoms. The van der Waals surface area contributed by atoms with Crippen LogP contribution in [0.5, 0.6) is 11.5 Å². The number of nitrogens with zero attached hydrogens (tertiary/aromatic N) is 3. The smallest absolute Gasteiger partial charge is 0.225 e. The van der Waals surface area contributed by atoms with Gasteiger partial charge in [-0.3, -0.25) is 0 Å². The Morgan fingerprint density at radius 3 is 2.54 bits per heavy atom. The summed E-state index contributed by atoms with van der Waals surface area (Å²) in [6.07, 6.45) is 6.45. The molecule has 3 aromatic rings.